The molecule has 0 aliphatic carbocycles. The molecule has 0 atom stereocenters. The van der Waals surface area contributed by atoms with Crippen molar-refractivity contribution in [1.82, 2.24) is 24.9 Å². The number of pyridine rings is 5. The van der Waals surface area contributed by atoms with Crippen molar-refractivity contribution in [2.75, 3.05) is 0 Å². The Morgan fingerprint density at radius 3 is 1.42 bits per heavy atom. The minimum Gasteiger partial charge on any atom is -0.512 e. The number of hydrogen-bond donors (Lipinski definition) is 2. The fourth-order valence-electron chi connectivity index (χ4n) is 11.4. The molecule has 15 aromatic rings. The Bertz CT molecular complexity index is 5260. The van der Waals surface area contributed by atoms with Crippen molar-refractivity contribution < 1.29 is 105 Å². The van der Waals surface area contributed by atoms with Crippen LogP contribution in [0.25, 0.3) is 111 Å². The average molecular weight is 2130 g/mol. The summed E-state index contributed by atoms with van der Waals surface area (Å²) < 4.78 is 5.79. The van der Waals surface area contributed by atoms with Crippen LogP contribution in [-0.2, 0) is 90.0 Å². The van der Waals surface area contributed by atoms with E-state index in [1.165, 1.54) is 101 Å². The molecule has 108 heavy (non-hydrogen) atoms. The molecule has 0 saturated heterocycles. The number of aliphatic hydroxyl groups excluding tert-OH is 2. The standard InChI is InChI=1S/C19H18N.C19H16N.C17H10NO.C17H12N.C12H10N.2C5H8O2.4Ir/c1-12-8-13(2)10-16(9-12)18-11-15(4)19-14(3)6-5-7-17(19)20-18;1-14-10-15(2)12-18(11-14)17-8-9-20-19(13-17)16-6-4-3-5-7-16;1-2-7-16-13(5-1)14-11-12(8-9-17(14)19-16)15-6-3-4-10-18-15;1-3-7-14(8-4-1)16-11-12-18-17(13-16)15-9-5-2-6-10-15;1-10-7-8-12(13-9-10)11-5-3-2-4-6-11;2*1-4(6)3-5(2)7;;;;/h5-9,11H,1-4H3;3-6,8-13H,1-2H3;1-7,9-11H;1-9,11-13H;2-5,7-9H,1H3;2*3,6H,1-2H3;;;;/q5*-1;;;;;;. The second kappa shape index (κ2) is 44.8. The van der Waals surface area contributed by atoms with Crippen LogP contribution in [0.1, 0.15) is 66.6 Å². The summed E-state index contributed by atoms with van der Waals surface area (Å²) in [6.07, 6.45) is 9.71. The van der Waals surface area contributed by atoms with Crippen LogP contribution in [0, 0.1) is 78.8 Å². The van der Waals surface area contributed by atoms with E-state index in [0.29, 0.717) is 0 Å². The average Bonchev–Trinajstić information content (AvgIpc) is 1.30. The van der Waals surface area contributed by atoms with Crippen molar-refractivity contribution in [3.8, 4) is 78.5 Å². The number of carbonyl (C=O) groups excluding carboxylic acids is 2. The second-order valence-electron chi connectivity index (χ2n) is 24.9. The molecule has 6 heterocycles. The maximum Gasteiger partial charge on any atom is 0.155 e. The molecular weight excluding hydrogens is 2050 g/mol. The van der Waals surface area contributed by atoms with Crippen LogP contribution in [0.2, 0.25) is 0 Å². The van der Waals surface area contributed by atoms with E-state index in [-0.39, 0.29) is 104 Å². The van der Waals surface area contributed by atoms with Crippen molar-refractivity contribution in [2.24, 2.45) is 0 Å². The van der Waals surface area contributed by atoms with Gasteiger partial charge in [0.2, 0.25) is 0 Å². The van der Waals surface area contributed by atoms with Crippen LogP contribution in [0.3, 0.4) is 0 Å². The number of fused-ring (bicyclic) bond motifs is 4. The van der Waals surface area contributed by atoms with Gasteiger partial charge in [-0.25, -0.2) is 0 Å². The summed E-state index contributed by atoms with van der Waals surface area (Å²) in [6.45, 7) is 20.5. The van der Waals surface area contributed by atoms with Crippen molar-refractivity contribution in [3.63, 3.8) is 0 Å². The number of ketones is 2. The second-order valence-corrected chi connectivity index (χ2v) is 24.9. The van der Waals surface area contributed by atoms with Crippen molar-refractivity contribution in [3.05, 3.63) is 366 Å². The number of benzene rings is 9. The maximum absolute atomic E-state index is 10.0. The molecule has 6 aromatic heterocycles. The number of nitrogens with zero attached hydrogens (tertiary/aromatic N) is 5. The zero-order chi connectivity index (χ0) is 73.9. The predicted octanol–water partition coefficient (Wildman–Crippen LogP) is 23.4. The number of para-hydroxylation sites is 1. The summed E-state index contributed by atoms with van der Waals surface area (Å²) >= 11 is 0. The summed E-state index contributed by atoms with van der Waals surface area (Å²) in [4.78, 5) is 42.4. The number of aromatic nitrogens is 5. The normalized spacial score (nSPS) is 10.3. The first-order valence-electron chi connectivity index (χ1n) is 34.0. The van der Waals surface area contributed by atoms with Crippen molar-refractivity contribution >= 4 is 44.4 Å². The number of hydrogen-bond acceptors (Lipinski definition) is 10. The summed E-state index contributed by atoms with van der Waals surface area (Å²) in [6, 6.07) is 99.9. The number of aliphatic hydroxyl groups is 2. The van der Waals surface area contributed by atoms with E-state index in [9.17, 15) is 9.59 Å². The van der Waals surface area contributed by atoms with Gasteiger partial charge in [0.1, 0.15) is 5.58 Å². The van der Waals surface area contributed by atoms with Crippen LogP contribution in [0.15, 0.2) is 302 Å². The topological polar surface area (TPSA) is 152 Å². The molecule has 9 aromatic carbocycles. The first-order valence-corrected chi connectivity index (χ1v) is 34.0. The fraction of sp³-hybridized carbons (Fsp3) is 0.117. The van der Waals surface area contributed by atoms with Gasteiger partial charge in [-0.05, 0) is 160 Å². The Hall–Kier alpha value is -10.2. The first kappa shape index (κ1) is 88.4. The molecule has 15 rings (SSSR count). The zero-order valence-corrected chi connectivity index (χ0v) is 71.4. The summed E-state index contributed by atoms with van der Waals surface area (Å²) in [5.41, 5.74) is 26.3. The van der Waals surface area contributed by atoms with E-state index < -0.39 is 0 Å². The number of allylic oxidation sites excluding steroid dienone is 4. The van der Waals surface area contributed by atoms with Gasteiger partial charge in [-0.1, -0.05) is 152 Å². The summed E-state index contributed by atoms with van der Waals surface area (Å²) in [7, 11) is 0. The quantitative estimate of drug-likeness (QED) is 0.0811. The number of aryl methyl sites for hydroxylation is 7. The fourth-order valence-corrected chi connectivity index (χ4v) is 11.4. The Labute approximate surface area is 689 Å². The molecule has 14 heteroatoms. The van der Waals surface area contributed by atoms with Crippen molar-refractivity contribution in [1.29, 1.82) is 0 Å². The molecule has 0 saturated carbocycles. The van der Waals surface area contributed by atoms with Gasteiger partial charge in [0.05, 0.1) is 22.6 Å². The molecular formula is C94H82Ir4N5O5-5. The molecule has 0 spiro atoms. The van der Waals surface area contributed by atoms with Gasteiger partial charge in [0.15, 0.2) is 11.6 Å². The van der Waals surface area contributed by atoms with Gasteiger partial charge in [-0.3, -0.25) is 14.6 Å². The Kier molecular flexibility index (Phi) is 36.7. The van der Waals surface area contributed by atoms with Crippen LogP contribution in [0.4, 0.5) is 0 Å². The van der Waals surface area contributed by atoms with Gasteiger partial charge >= 0.3 is 0 Å². The molecule has 0 aliphatic heterocycles. The van der Waals surface area contributed by atoms with Crippen LogP contribution < -0.4 is 0 Å². The molecule has 554 valence electrons. The largest absolute Gasteiger partial charge is 0.512 e. The van der Waals surface area contributed by atoms with Crippen LogP contribution in [-0.4, -0.2) is 46.7 Å². The zero-order valence-electron chi connectivity index (χ0n) is 61.8. The predicted molar refractivity (Wildman–Crippen MR) is 425 cm³/mol. The third-order valence-electron chi connectivity index (χ3n) is 15.8. The van der Waals surface area contributed by atoms with E-state index in [4.69, 9.17) is 19.6 Å². The molecule has 2 N–H and O–H groups in total. The third-order valence-corrected chi connectivity index (χ3v) is 15.8. The summed E-state index contributed by atoms with van der Waals surface area (Å²) in [5.74, 6) is -0.125. The third kappa shape index (κ3) is 27.2. The Balaban J connectivity index is 0.000000231. The van der Waals surface area contributed by atoms with E-state index >= 15 is 0 Å². The monoisotopic (exact) mass is 2130 g/mol. The van der Waals surface area contributed by atoms with Gasteiger partial charge in [0, 0.05) is 128 Å². The Morgan fingerprint density at radius 1 is 0.370 bits per heavy atom. The minimum absolute atomic E-state index is 0. The summed E-state index contributed by atoms with van der Waals surface area (Å²) in [5, 5.41) is 20.2. The maximum atomic E-state index is 10.0. The molecule has 10 nitrogen and oxygen atoms in total. The number of carbonyl (C=O) groups is 2. The molecule has 0 unspecified atom stereocenters. The number of rotatable bonds is 9. The Morgan fingerprint density at radius 2 is 0.898 bits per heavy atom. The molecule has 0 fully saturated rings. The van der Waals surface area contributed by atoms with Gasteiger partial charge < -0.3 is 34.6 Å². The molecule has 0 amide bonds. The van der Waals surface area contributed by atoms with Gasteiger partial charge in [-0.15, -0.1) is 166 Å². The van der Waals surface area contributed by atoms with E-state index in [0.717, 1.165) is 89.3 Å². The van der Waals surface area contributed by atoms with Gasteiger partial charge in [0.25, 0.3) is 0 Å². The number of furan rings is 1. The molecule has 4 radical (unpaired) electrons. The first-order chi connectivity index (χ1) is 50.2. The molecule has 0 aliphatic rings. The van der Waals surface area contributed by atoms with Crippen molar-refractivity contribution in [2.45, 2.75) is 76.2 Å². The van der Waals surface area contributed by atoms with Crippen LogP contribution >= 0.6 is 0 Å². The van der Waals surface area contributed by atoms with Gasteiger partial charge in [-0.2, -0.15) is 0 Å². The van der Waals surface area contributed by atoms with E-state index in [2.05, 4.69) is 195 Å². The van der Waals surface area contributed by atoms with E-state index in [1.807, 2.05) is 171 Å². The minimum atomic E-state index is -0.125. The molecule has 0 bridgehead atoms. The van der Waals surface area contributed by atoms with E-state index in [1.54, 1.807) is 6.20 Å². The SMILES string of the molecule is CC(=O)C=C(C)O.CC(=O)C=C(C)O.Cc1[c-]c(-c2cc(C)c3c(C)cccc3n2)cc(C)c1.Cc1cc(C)cc(-c2ccnc(-c3[c-]cccc3)c2)c1.Cc1ccc(-c2[c-]cccc2)nc1.[Ir].[Ir].[Ir].[Ir].[c-]1cc2oc3ccccc3c2cc1-c1ccccn1.[c-]1ccccc1-c1cc(-c2ccccc2)ccn1. The van der Waals surface area contributed by atoms with Crippen LogP contribution in [0.5, 0.6) is 0 Å². The smallest absolute Gasteiger partial charge is 0.155 e.